The van der Waals surface area contributed by atoms with Crippen LogP contribution in [-0.4, -0.2) is 23.8 Å². The molecule has 110 valence electrons. The average molecular weight is 276 g/mol. The van der Waals surface area contributed by atoms with Gasteiger partial charge in [0.15, 0.2) is 11.6 Å². The van der Waals surface area contributed by atoms with Gasteiger partial charge in [-0.1, -0.05) is 26.8 Å². The van der Waals surface area contributed by atoms with E-state index in [9.17, 15) is 4.79 Å². The lowest BCUT2D eigenvalue weighted by Gasteiger charge is -2.66. The Bertz CT molecular complexity index is 532. The Kier molecular flexibility index (Phi) is 2.10. The molecule has 3 heteroatoms. The molecule has 3 saturated carbocycles. The topological polar surface area (TPSA) is 35.5 Å². The van der Waals surface area contributed by atoms with Crippen molar-refractivity contribution < 1.29 is 14.3 Å². The van der Waals surface area contributed by atoms with Crippen LogP contribution in [0.1, 0.15) is 47.5 Å². The Balaban J connectivity index is 1.93. The van der Waals surface area contributed by atoms with Gasteiger partial charge in [0.2, 0.25) is 0 Å². The normalized spacial score (nSPS) is 54.0. The molecule has 4 aliphatic carbocycles. The van der Waals surface area contributed by atoms with Crippen molar-refractivity contribution in [2.45, 2.75) is 65.5 Å². The van der Waals surface area contributed by atoms with Gasteiger partial charge in [0.25, 0.3) is 0 Å². The van der Waals surface area contributed by atoms with E-state index in [1.54, 1.807) is 6.08 Å². The van der Waals surface area contributed by atoms with E-state index in [-0.39, 0.29) is 40.2 Å². The van der Waals surface area contributed by atoms with Crippen molar-refractivity contribution in [2.24, 2.45) is 22.2 Å². The van der Waals surface area contributed by atoms with Crippen LogP contribution in [0.15, 0.2) is 12.2 Å². The summed E-state index contributed by atoms with van der Waals surface area (Å²) >= 11 is 0. The molecule has 1 aliphatic heterocycles. The van der Waals surface area contributed by atoms with Gasteiger partial charge in [-0.25, -0.2) is 0 Å². The van der Waals surface area contributed by atoms with E-state index in [0.717, 1.165) is 12.8 Å². The first kappa shape index (κ1) is 13.0. The van der Waals surface area contributed by atoms with Crippen molar-refractivity contribution >= 4 is 5.78 Å². The van der Waals surface area contributed by atoms with E-state index in [1.165, 1.54) is 0 Å². The minimum atomic E-state index is -0.543. The fourth-order valence-corrected chi connectivity index (χ4v) is 5.61. The fraction of sp³-hybridized carbons (Fsp3) is 0.824. The zero-order valence-electron chi connectivity index (χ0n) is 13.0. The third-order valence-corrected chi connectivity index (χ3v) is 6.91. The summed E-state index contributed by atoms with van der Waals surface area (Å²) in [5, 5.41) is 0. The summed E-state index contributed by atoms with van der Waals surface area (Å²) in [6.07, 6.45) is 6.21. The maximum atomic E-state index is 12.5. The number of hydrogen-bond donors (Lipinski definition) is 0. The highest BCUT2D eigenvalue weighted by Crippen LogP contribution is 2.73. The van der Waals surface area contributed by atoms with Crippen LogP contribution in [-0.2, 0) is 14.3 Å². The number of ether oxygens (including phenoxy) is 2. The molecule has 5 aliphatic rings. The van der Waals surface area contributed by atoms with E-state index in [1.807, 2.05) is 13.8 Å². The molecule has 1 heterocycles. The van der Waals surface area contributed by atoms with Crippen LogP contribution < -0.4 is 0 Å². The Labute approximate surface area is 120 Å². The molecule has 0 aromatic heterocycles. The number of allylic oxidation sites excluding steroid dienone is 1. The molecular weight excluding hydrogens is 252 g/mol. The second-order valence-corrected chi connectivity index (χ2v) is 8.40. The Morgan fingerprint density at radius 1 is 1.05 bits per heavy atom. The number of fused-ring (bicyclic) bond motifs is 1. The molecule has 1 saturated heterocycles. The van der Waals surface area contributed by atoms with Gasteiger partial charge in [0.1, 0.15) is 0 Å². The summed E-state index contributed by atoms with van der Waals surface area (Å²) in [7, 11) is 0. The zero-order valence-corrected chi connectivity index (χ0v) is 13.0. The average Bonchev–Trinajstić information content (AvgIpc) is 2.83. The number of carbonyl (C=O) groups excluding carboxylic acids is 1. The first-order chi connectivity index (χ1) is 9.14. The van der Waals surface area contributed by atoms with Gasteiger partial charge in [0, 0.05) is 16.7 Å². The van der Waals surface area contributed by atoms with Gasteiger partial charge in [-0.3, -0.25) is 4.79 Å². The maximum Gasteiger partial charge on any atom is 0.163 e. The second kappa shape index (κ2) is 3.22. The molecule has 4 fully saturated rings. The summed E-state index contributed by atoms with van der Waals surface area (Å²) in [6.45, 7) is 10.8. The van der Waals surface area contributed by atoms with Gasteiger partial charge in [-0.15, -0.1) is 0 Å². The molecule has 0 N–H and O–H groups in total. The van der Waals surface area contributed by atoms with Gasteiger partial charge >= 0.3 is 0 Å². The quantitative estimate of drug-likeness (QED) is 0.682. The minimum Gasteiger partial charge on any atom is -0.344 e. The Morgan fingerprint density at radius 3 is 2.40 bits per heavy atom. The standard InChI is InChI=1S/C17H24O3/c1-14(2)11-10(18)6-7-17(11)9-8-16(14,5)12-13(17)20-15(3,4)19-12/h6-7,11-13H,8-9H2,1-5H3/t11?,12-,13+,16-,17+/m1/s1. The van der Waals surface area contributed by atoms with Crippen LogP contribution in [0.25, 0.3) is 0 Å². The molecule has 5 atom stereocenters. The molecule has 1 spiro atoms. The van der Waals surface area contributed by atoms with Crippen LogP contribution in [0, 0.1) is 22.2 Å². The van der Waals surface area contributed by atoms with Crippen LogP contribution in [0.4, 0.5) is 0 Å². The lowest BCUT2D eigenvalue weighted by Crippen LogP contribution is -2.70. The van der Waals surface area contributed by atoms with Crippen LogP contribution in [0.2, 0.25) is 0 Å². The second-order valence-electron chi connectivity index (χ2n) is 8.40. The summed E-state index contributed by atoms with van der Waals surface area (Å²) < 4.78 is 12.6. The molecule has 20 heavy (non-hydrogen) atoms. The first-order valence-corrected chi connectivity index (χ1v) is 7.73. The Hall–Kier alpha value is -0.670. The monoisotopic (exact) mass is 276 g/mol. The van der Waals surface area contributed by atoms with Crippen molar-refractivity contribution in [3.05, 3.63) is 12.2 Å². The molecule has 5 rings (SSSR count). The van der Waals surface area contributed by atoms with Crippen molar-refractivity contribution in [3.8, 4) is 0 Å². The van der Waals surface area contributed by atoms with Crippen molar-refractivity contribution in [2.75, 3.05) is 0 Å². The van der Waals surface area contributed by atoms with Crippen molar-refractivity contribution in [1.29, 1.82) is 0 Å². The molecule has 0 aromatic carbocycles. The number of ketones is 1. The van der Waals surface area contributed by atoms with Gasteiger partial charge in [0.05, 0.1) is 12.2 Å². The molecule has 2 bridgehead atoms. The van der Waals surface area contributed by atoms with Gasteiger partial charge in [-0.2, -0.15) is 0 Å². The third-order valence-electron chi connectivity index (χ3n) is 6.91. The molecule has 0 amide bonds. The third kappa shape index (κ3) is 1.15. The number of rotatable bonds is 0. The van der Waals surface area contributed by atoms with E-state index in [2.05, 4.69) is 26.8 Å². The smallest absolute Gasteiger partial charge is 0.163 e. The molecule has 0 radical (unpaired) electrons. The zero-order chi connectivity index (χ0) is 14.6. The van der Waals surface area contributed by atoms with E-state index >= 15 is 0 Å². The van der Waals surface area contributed by atoms with Gasteiger partial charge < -0.3 is 9.47 Å². The van der Waals surface area contributed by atoms with Crippen LogP contribution >= 0.6 is 0 Å². The molecular formula is C17H24O3. The van der Waals surface area contributed by atoms with E-state index in [0.29, 0.717) is 0 Å². The highest BCUT2D eigenvalue weighted by Gasteiger charge is 2.76. The maximum absolute atomic E-state index is 12.5. The summed E-state index contributed by atoms with van der Waals surface area (Å²) in [4.78, 5) is 12.5. The number of hydrogen-bond acceptors (Lipinski definition) is 3. The highest BCUT2D eigenvalue weighted by molar-refractivity contribution is 5.96. The molecule has 0 aromatic rings. The van der Waals surface area contributed by atoms with E-state index in [4.69, 9.17) is 9.47 Å². The number of carbonyl (C=O) groups is 1. The SMILES string of the molecule is CC1(C)O[C@@H]2[C@H](O1)[C@]13C=CC(=O)C1C(C)(C)[C@]2(C)CC3. The van der Waals surface area contributed by atoms with Crippen molar-refractivity contribution in [3.63, 3.8) is 0 Å². The Morgan fingerprint density at radius 2 is 1.70 bits per heavy atom. The van der Waals surface area contributed by atoms with Crippen LogP contribution in [0.3, 0.4) is 0 Å². The first-order valence-electron chi connectivity index (χ1n) is 7.73. The predicted molar refractivity (Wildman–Crippen MR) is 75.0 cm³/mol. The largest absolute Gasteiger partial charge is 0.344 e. The minimum absolute atomic E-state index is 0.000463. The van der Waals surface area contributed by atoms with Crippen LogP contribution in [0.5, 0.6) is 0 Å². The highest BCUT2D eigenvalue weighted by atomic mass is 16.8. The van der Waals surface area contributed by atoms with Crippen molar-refractivity contribution in [1.82, 2.24) is 0 Å². The van der Waals surface area contributed by atoms with Gasteiger partial charge in [-0.05, 0) is 38.2 Å². The summed E-state index contributed by atoms with van der Waals surface area (Å²) in [5.41, 5.74) is -0.201. The predicted octanol–water partition coefficient (Wildman–Crippen LogP) is 3.09. The molecule has 1 unspecified atom stereocenters. The lowest BCUT2D eigenvalue weighted by atomic mass is 9.38. The van der Waals surface area contributed by atoms with E-state index < -0.39 is 5.79 Å². The fourth-order valence-electron chi connectivity index (χ4n) is 5.61. The molecule has 3 nitrogen and oxygen atoms in total. The summed E-state index contributed by atoms with van der Waals surface area (Å²) in [5.74, 6) is -0.210. The lowest BCUT2D eigenvalue weighted by molar-refractivity contribution is -0.220. The summed E-state index contributed by atoms with van der Waals surface area (Å²) in [6, 6.07) is 0.